The Kier molecular flexibility index (Phi) is 6.32. The highest BCUT2D eigenvalue weighted by molar-refractivity contribution is 5.86. The monoisotopic (exact) mass is 381 g/mol. The first-order valence-corrected chi connectivity index (χ1v) is 9.05. The van der Waals surface area contributed by atoms with E-state index >= 15 is 0 Å². The van der Waals surface area contributed by atoms with E-state index in [1.165, 1.54) is 16.3 Å². The summed E-state index contributed by atoms with van der Waals surface area (Å²) < 4.78 is 0. The first kappa shape index (κ1) is 19.2. The number of halogens is 1. The highest BCUT2D eigenvalue weighted by atomic mass is 35.5. The molecule has 0 unspecified atom stereocenters. The maximum absolute atomic E-state index is 9.52. The van der Waals surface area contributed by atoms with Gasteiger partial charge in [0.05, 0.1) is 6.21 Å². The van der Waals surface area contributed by atoms with Crippen LogP contribution in [0, 0.1) is 0 Å². The zero-order valence-electron chi connectivity index (χ0n) is 15.2. The van der Waals surface area contributed by atoms with E-state index in [9.17, 15) is 5.11 Å². The molecule has 0 atom stereocenters. The molecule has 1 heterocycles. The van der Waals surface area contributed by atoms with E-state index in [2.05, 4.69) is 57.5 Å². The zero-order valence-corrected chi connectivity index (χ0v) is 16.0. The van der Waals surface area contributed by atoms with Gasteiger partial charge in [-0.3, -0.25) is 9.91 Å². The Bertz CT molecular complexity index is 915. The predicted octanol–water partition coefficient (Wildman–Crippen LogP) is 4.12. The molecule has 0 amide bonds. The Morgan fingerprint density at radius 2 is 1.63 bits per heavy atom. The van der Waals surface area contributed by atoms with Gasteiger partial charge in [0.15, 0.2) is 0 Å². The second-order valence-electron chi connectivity index (χ2n) is 6.71. The predicted molar refractivity (Wildman–Crippen MR) is 114 cm³/mol. The van der Waals surface area contributed by atoms with Crippen molar-refractivity contribution in [1.29, 1.82) is 0 Å². The Balaban J connectivity index is 0.00000210. The van der Waals surface area contributed by atoms with Gasteiger partial charge < -0.3 is 5.11 Å². The summed E-state index contributed by atoms with van der Waals surface area (Å²) in [5.74, 6) is 0.272. The molecule has 0 saturated carbocycles. The lowest BCUT2D eigenvalue weighted by molar-refractivity contribution is 0.131. The second kappa shape index (κ2) is 8.89. The van der Waals surface area contributed by atoms with Crippen molar-refractivity contribution in [2.75, 3.05) is 26.2 Å². The average Bonchev–Trinajstić information content (AvgIpc) is 2.68. The van der Waals surface area contributed by atoms with Crippen LogP contribution in [0.1, 0.15) is 11.1 Å². The molecule has 4 nitrogen and oxygen atoms in total. The Hall–Kier alpha value is -2.56. The molecule has 1 aliphatic rings. The SMILES string of the molecule is Cl.Oc1cccc(C=NN2CCN(Cc3cccc4ccccc34)CC2)c1. The number of phenols is 1. The van der Waals surface area contributed by atoms with Gasteiger partial charge in [-0.25, -0.2) is 0 Å². The third-order valence-corrected chi connectivity index (χ3v) is 4.86. The largest absolute Gasteiger partial charge is 0.508 e. The summed E-state index contributed by atoms with van der Waals surface area (Å²) in [5, 5.41) is 18.8. The van der Waals surface area contributed by atoms with Crippen LogP contribution in [0.2, 0.25) is 0 Å². The molecule has 1 saturated heterocycles. The van der Waals surface area contributed by atoms with Gasteiger partial charge in [-0.05, 0) is 34.0 Å². The maximum Gasteiger partial charge on any atom is 0.116 e. The molecule has 140 valence electrons. The second-order valence-corrected chi connectivity index (χ2v) is 6.71. The fraction of sp³-hybridized carbons (Fsp3) is 0.227. The highest BCUT2D eigenvalue weighted by Gasteiger charge is 2.16. The number of rotatable bonds is 4. The molecule has 0 bridgehead atoms. The summed E-state index contributed by atoms with van der Waals surface area (Å²) in [7, 11) is 0. The number of fused-ring (bicyclic) bond motifs is 1. The Labute approximate surface area is 166 Å². The van der Waals surface area contributed by atoms with Crippen LogP contribution in [-0.4, -0.2) is 47.4 Å². The molecule has 1 fully saturated rings. The third kappa shape index (κ3) is 4.79. The van der Waals surface area contributed by atoms with Crippen molar-refractivity contribution in [3.8, 4) is 5.75 Å². The Morgan fingerprint density at radius 3 is 2.44 bits per heavy atom. The average molecular weight is 382 g/mol. The molecule has 3 aromatic carbocycles. The number of hydrogen-bond donors (Lipinski definition) is 1. The van der Waals surface area contributed by atoms with E-state index in [0.717, 1.165) is 38.3 Å². The van der Waals surface area contributed by atoms with Crippen LogP contribution in [0.5, 0.6) is 5.75 Å². The van der Waals surface area contributed by atoms with Crippen LogP contribution < -0.4 is 0 Å². The minimum Gasteiger partial charge on any atom is -0.508 e. The maximum atomic E-state index is 9.52. The van der Waals surface area contributed by atoms with Crippen LogP contribution in [0.25, 0.3) is 10.8 Å². The molecule has 0 spiro atoms. The van der Waals surface area contributed by atoms with Crippen LogP contribution in [0.15, 0.2) is 71.8 Å². The van der Waals surface area contributed by atoms with E-state index in [1.807, 2.05) is 18.3 Å². The van der Waals surface area contributed by atoms with Crippen molar-refractivity contribution < 1.29 is 5.11 Å². The molecule has 1 N–H and O–H groups in total. The lowest BCUT2D eigenvalue weighted by Gasteiger charge is -2.33. The molecule has 0 aromatic heterocycles. The van der Waals surface area contributed by atoms with E-state index < -0.39 is 0 Å². The van der Waals surface area contributed by atoms with Gasteiger partial charge in [-0.1, -0.05) is 54.6 Å². The molecular formula is C22H24ClN3O. The van der Waals surface area contributed by atoms with E-state index in [0.29, 0.717) is 0 Å². The van der Waals surface area contributed by atoms with Crippen molar-refractivity contribution in [2.24, 2.45) is 5.10 Å². The lowest BCUT2D eigenvalue weighted by Crippen LogP contribution is -2.43. The normalized spacial score (nSPS) is 15.2. The smallest absolute Gasteiger partial charge is 0.116 e. The number of aromatic hydroxyl groups is 1. The summed E-state index contributed by atoms with van der Waals surface area (Å²) >= 11 is 0. The highest BCUT2D eigenvalue weighted by Crippen LogP contribution is 2.20. The van der Waals surface area contributed by atoms with Crippen LogP contribution in [0.3, 0.4) is 0 Å². The molecule has 0 radical (unpaired) electrons. The van der Waals surface area contributed by atoms with Gasteiger partial charge in [-0.2, -0.15) is 5.10 Å². The van der Waals surface area contributed by atoms with Crippen molar-refractivity contribution in [3.63, 3.8) is 0 Å². The van der Waals surface area contributed by atoms with Gasteiger partial charge in [0.1, 0.15) is 5.75 Å². The molecule has 4 rings (SSSR count). The lowest BCUT2D eigenvalue weighted by atomic mass is 10.0. The topological polar surface area (TPSA) is 39.1 Å². The third-order valence-electron chi connectivity index (χ3n) is 4.86. The minimum atomic E-state index is 0. The number of piperazine rings is 1. The zero-order chi connectivity index (χ0) is 17.8. The molecule has 1 aliphatic heterocycles. The minimum absolute atomic E-state index is 0. The summed E-state index contributed by atoms with van der Waals surface area (Å²) in [6, 6.07) is 22.3. The molecule has 5 heteroatoms. The van der Waals surface area contributed by atoms with Gasteiger partial charge in [0, 0.05) is 32.7 Å². The van der Waals surface area contributed by atoms with Crippen molar-refractivity contribution in [3.05, 3.63) is 77.9 Å². The molecule has 27 heavy (non-hydrogen) atoms. The van der Waals surface area contributed by atoms with Crippen molar-refractivity contribution >= 4 is 29.4 Å². The fourth-order valence-corrected chi connectivity index (χ4v) is 3.44. The van der Waals surface area contributed by atoms with E-state index in [-0.39, 0.29) is 18.2 Å². The first-order chi connectivity index (χ1) is 12.8. The van der Waals surface area contributed by atoms with Gasteiger partial charge >= 0.3 is 0 Å². The van der Waals surface area contributed by atoms with Crippen molar-refractivity contribution in [2.45, 2.75) is 6.54 Å². The standard InChI is InChI=1S/C22H23N3O.ClH/c26-21-9-3-5-18(15-21)16-23-25-13-11-24(12-14-25)17-20-8-4-7-19-6-1-2-10-22(19)20;/h1-10,15-16,26H,11-14,17H2;1H. The summed E-state index contributed by atoms with van der Waals surface area (Å²) in [5.41, 5.74) is 2.31. The number of hydrogen-bond acceptors (Lipinski definition) is 4. The first-order valence-electron chi connectivity index (χ1n) is 9.05. The molecule has 0 aliphatic carbocycles. The quantitative estimate of drug-likeness (QED) is 0.691. The van der Waals surface area contributed by atoms with Gasteiger partial charge in [0.25, 0.3) is 0 Å². The van der Waals surface area contributed by atoms with Crippen molar-refractivity contribution in [1.82, 2.24) is 9.91 Å². The summed E-state index contributed by atoms with van der Waals surface area (Å²) in [6.45, 7) is 4.81. The van der Waals surface area contributed by atoms with Crippen LogP contribution >= 0.6 is 12.4 Å². The number of hydrazone groups is 1. The van der Waals surface area contributed by atoms with Gasteiger partial charge in [0.2, 0.25) is 0 Å². The van der Waals surface area contributed by atoms with Crippen LogP contribution in [0.4, 0.5) is 0 Å². The summed E-state index contributed by atoms with van der Waals surface area (Å²) in [6.07, 6.45) is 1.82. The summed E-state index contributed by atoms with van der Waals surface area (Å²) in [4.78, 5) is 2.49. The number of nitrogens with zero attached hydrogens (tertiary/aromatic N) is 3. The molecule has 3 aromatic rings. The van der Waals surface area contributed by atoms with Gasteiger partial charge in [-0.15, -0.1) is 12.4 Å². The molecular weight excluding hydrogens is 358 g/mol. The fourth-order valence-electron chi connectivity index (χ4n) is 3.44. The van der Waals surface area contributed by atoms with Crippen LogP contribution in [-0.2, 0) is 6.54 Å². The Morgan fingerprint density at radius 1 is 0.889 bits per heavy atom. The number of phenolic OH excluding ortho intramolecular Hbond substituents is 1. The van der Waals surface area contributed by atoms with E-state index in [4.69, 9.17) is 0 Å². The van der Waals surface area contributed by atoms with E-state index in [1.54, 1.807) is 12.1 Å². The number of benzene rings is 3.